The van der Waals surface area contributed by atoms with Gasteiger partial charge in [0.25, 0.3) is 0 Å². The summed E-state index contributed by atoms with van der Waals surface area (Å²) in [5, 5.41) is 7.47. The zero-order valence-corrected chi connectivity index (χ0v) is 7.02. The van der Waals surface area contributed by atoms with E-state index >= 15 is 0 Å². The van der Waals surface area contributed by atoms with Crippen LogP contribution in [0.25, 0.3) is 0 Å². The summed E-state index contributed by atoms with van der Waals surface area (Å²) in [6.45, 7) is 1.13. The minimum absolute atomic E-state index is 0.109. The first-order valence-electron chi connectivity index (χ1n) is 4.30. The van der Waals surface area contributed by atoms with Crippen molar-refractivity contribution in [3.8, 4) is 0 Å². The molecule has 1 fully saturated rings. The molecule has 1 aliphatic heterocycles. The lowest BCUT2D eigenvalue weighted by Gasteiger charge is -2.29. The van der Waals surface area contributed by atoms with Crippen LogP contribution >= 0.6 is 0 Å². The van der Waals surface area contributed by atoms with Crippen molar-refractivity contribution >= 4 is 5.84 Å². The smallest absolute Gasteiger partial charge is 0.240 e. The molecule has 1 N–H and O–H groups in total. The highest BCUT2D eigenvalue weighted by Gasteiger charge is 2.15. The molecule has 1 saturated heterocycles. The number of amidine groups is 1. The summed E-state index contributed by atoms with van der Waals surface area (Å²) in [4.78, 5) is 1.76. The van der Waals surface area contributed by atoms with Crippen molar-refractivity contribution in [3.63, 3.8) is 0 Å². The van der Waals surface area contributed by atoms with Crippen LogP contribution in [-0.2, 0) is 0 Å². The molecule has 2 nitrogen and oxygen atoms in total. The quantitative estimate of drug-likeness (QED) is 0.700. The van der Waals surface area contributed by atoms with Crippen LogP contribution in [0.4, 0.5) is 8.78 Å². The van der Waals surface area contributed by atoms with Crippen molar-refractivity contribution in [2.45, 2.75) is 32.1 Å². The molecule has 0 atom stereocenters. The lowest BCUT2D eigenvalue weighted by molar-refractivity contribution is 0.126. The number of nitrogens with zero attached hydrogens (tertiary/aromatic N) is 1. The second-order valence-corrected chi connectivity index (χ2v) is 3.07. The van der Waals surface area contributed by atoms with E-state index in [1.165, 1.54) is 0 Å². The van der Waals surface area contributed by atoms with Gasteiger partial charge in [0.05, 0.1) is 5.84 Å². The Kier molecular flexibility index (Phi) is 3.44. The Balaban J connectivity index is 2.25. The van der Waals surface area contributed by atoms with Gasteiger partial charge in [0, 0.05) is 25.9 Å². The predicted octanol–water partition coefficient (Wildman–Crippen LogP) is 2.10. The van der Waals surface area contributed by atoms with E-state index in [2.05, 4.69) is 0 Å². The minimum atomic E-state index is -2.24. The van der Waals surface area contributed by atoms with Crippen molar-refractivity contribution in [3.05, 3.63) is 0 Å². The average molecular weight is 176 g/mol. The predicted molar refractivity (Wildman–Crippen MR) is 43.8 cm³/mol. The molecule has 0 aromatic heterocycles. The molecule has 0 spiro atoms. The summed E-state index contributed by atoms with van der Waals surface area (Å²) in [6.07, 6.45) is 0.473. The van der Waals surface area contributed by atoms with Gasteiger partial charge in [-0.3, -0.25) is 5.41 Å². The number of rotatable bonds is 3. The summed E-state index contributed by atoms with van der Waals surface area (Å²) in [5.41, 5.74) is 0. The molecular weight excluding hydrogens is 162 g/mol. The fraction of sp³-hybridized carbons (Fsp3) is 0.875. The highest BCUT2D eigenvalue weighted by atomic mass is 19.3. The van der Waals surface area contributed by atoms with Gasteiger partial charge in [-0.15, -0.1) is 0 Å². The van der Waals surface area contributed by atoms with E-state index in [1.54, 1.807) is 4.90 Å². The monoisotopic (exact) mass is 176 g/mol. The normalized spacial score (nSPS) is 18.9. The fourth-order valence-corrected chi connectivity index (χ4v) is 1.39. The van der Waals surface area contributed by atoms with Crippen LogP contribution in [0.1, 0.15) is 25.7 Å². The molecule has 1 heterocycles. The first-order chi connectivity index (χ1) is 5.70. The van der Waals surface area contributed by atoms with Gasteiger partial charge in [-0.2, -0.15) is 0 Å². The molecule has 4 heteroatoms. The lowest BCUT2D eigenvalue weighted by atomic mass is 10.1. The third-order valence-electron chi connectivity index (χ3n) is 2.09. The van der Waals surface area contributed by atoms with Gasteiger partial charge in [0.2, 0.25) is 6.43 Å². The van der Waals surface area contributed by atoms with Crippen molar-refractivity contribution < 1.29 is 8.78 Å². The Morgan fingerprint density at radius 1 is 1.42 bits per heavy atom. The molecule has 1 rings (SSSR count). The maximum Gasteiger partial charge on any atom is 0.240 e. The SMILES string of the molecule is N=C1CCCCN1CCC(F)F. The Morgan fingerprint density at radius 2 is 2.17 bits per heavy atom. The van der Waals surface area contributed by atoms with E-state index in [0.29, 0.717) is 12.4 Å². The van der Waals surface area contributed by atoms with E-state index in [1.807, 2.05) is 0 Å². The average Bonchev–Trinajstić information content (AvgIpc) is 2.03. The van der Waals surface area contributed by atoms with Crippen molar-refractivity contribution in [2.75, 3.05) is 13.1 Å². The number of halogens is 2. The zero-order valence-electron chi connectivity index (χ0n) is 7.02. The molecule has 0 saturated carbocycles. The Hall–Kier alpha value is -0.670. The minimum Gasteiger partial charge on any atom is -0.360 e. The van der Waals surface area contributed by atoms with Crippen LogP contribution in [0, 0.1) is 5.41 Å². The summed E-state index contributed by atoms with van der Waals surface area (Å²) in [6, 6.07) is 0. The molecule has 0 aromatic carbocycles. The standard InChI is InChI=1S/C8H14F2N2/c9-7(10)4-6-12-5-2-1-3-8(12)11/h7,11H,1-6H2. The van der Waals surface area contributed by atoms with E-state index in [-0.39, 0.29) is 6.42 Å². The molecule has 0 unspecified atom stereocenters. The number of likely N-dealkylation sites (tertiary alicyclic amines) is 1. The Bertz CT molecular complexity index is 159. The Morgan fingerprint density at radius 3 is 2.75 bits per heavy atom. The molecule has 12 heavy (non-hydrogen) atoms. The third-order valence-corrected chi connectivity index (χ3v) is 2.09. The number of alkyl halides is 2. The second kappa shape index (κ2) is 4.38. The topological polar surface area (TPSA) is 27.1 Å². The van der Waals surface area contributed by atoms with Crippen LogP contribution < -0.4 is 0 Å². The van der Waals surface area contributed by atoms with Crippen molar-refractivity contribution in [2.24, 2.45) is 0 Å². The molecule has 70 valence electrons. The second-order valence-electron chi connectivity index (χ2n) is 3.07. The van der Waals surface area contributed by atoms with Crippen molar-refractivity contribution in [1.82, 2.24) is 4.90 Å². The maximum atomic E-state index is 11.8. The largest absolute Gasteiger partial charge is 0.360 e. The first-order valence-corrected chi connectivity index (χ1v) is 4.30. The highest BCUT2D eigenvalue weighted by Crippen LogP contribution is 2.12. The van der Waals surface area contributed by atoms with Gasteiger partial charge in [0.1, 0.15) is 0 Å². The summed E-state index contributed by atoms with van der Waals surface area (Å²) < 4.78 is 23.6. The van der Waals surface area contributed by atoms with Gasteiger partial charge < -0.3 is 4.90 Å². The Labute approximate surface area is 71.1 Å². The van der Waals surface area contributed by atoms with Crippen LogP contribution in [0.3, 0.4) is 0 Å². The molecule has 0 radical (unpaired) electrons. The number of hydrogen-bond acceptors (Lipinski definition) is 1. The summed E-state index contributed by atoms with van der Waals surface area (Å²) in [7, 11) is 0. The molecule has 0 bridgehead atoms. The molecule has 0 aliphatic carbocycles. The van der Waals surface area contributed by atoms with Gasteiger partial charge in [-0.25, -0.2) is 8.78 Å². The van der Waals surface area contributed by atoms with E-state index in [0.717, 1.165) is 25.8 Å². The summed E-state index contributed by atoms with van der Waals surface area (Å²) in [5.74, 6) is 0.530. The fourth-order valence-electron chi connectivity index (χ4n) is 1.39. The van der Waals surface area contributed by atoms with E-state index in [9.17, 15) is 8.78 Å². The van der Waals surface area contributed by atoms with E-state index < -0.39 is 6.43 Å². The number of nitrogens with one attached hydrogen (secondary N) is 1. The third kappa shape index (κ3) is 2.75. The van der Waals surface area contributed by atoms with Gasteiger partial charge in [-0.1, -0.05) is 0 Å². The maximum absolute atomic E-state index is 11.8. The van der Waals surface area contributed by atoms with Gasteiger partial charge >= 0.3 is 0 Å². The van der Waals surface area contributed by atoms with Crippen LogP contribution in [0.5, 0.6) is 0 Å². The summed E-state index contributed by atoms with van der Waals surface area (Å²) >= 11 is 0. The zero-order chi connectivity index (χ0) is 8.97. The van der Waals surface area contributed by atoms with Gasteiger partial charge in [-0.05, 0) is 12.8 Å². The molecule has 0 aromatic rings. The lowest BCUT2D eigenvalue weighted by Crippen LogP contribution is -2.36. The number of piperidine rings is 1. The number of hydrogen-bond donors (Lipinski definition) is 1. The van der Waals surface area contributed by atoms with Gasteiger partial charge in [0.15, 0.2) is 0 Å². The van der Waals surface area contributed by atoms with E-state index in [4.69, 9.17) is 5.41 Å². The van der Waals surface area contributed by atoms with Crippen LogP contribution in [0.2, 0.25) is 0 Å². The van der Waals surface area contributed by atoms with Crippen LogP contribution in [-0.4, -0.2) is 30.3 Å². The highest BCUT2D eigenvalue weighted by molar-refractivity contribution is 5.79. The van der Waals surface area contributed by atoms with Crippen LogP contribution in [0.15, 0.2) is 0 Å². The first kappa shape index (κ1) is 9.42. The molecule has 0 amide bonds. The molecular formula is C8H14F2N2. The molecule has 1 aliphatic rings. The van der Waals surface area contributed by atoms with Crippen molar-refractivity contribution in [1.29, 1.82) is 5.41 Å².